The summed E-state index contributed by atoms with van der Waals surface area (Å²) in [5.74, 6) is 2.15. The fourth-order valence-electron chi connectivity index (χ4n) is 5.74. The van der Waals surface area contributed by atoms with Gasteiger partial charge in [0.25, 0.3) is 0 Å². The molecule has 2 aromatic heterocycles. The normalized spacial score (nSPS) is 27.9. The molecule has 1 saturated heterocycles. The van der Waals surface area contributed by atoms with Crippen LogP contribution in [-0.2, 0) is 4.79 Å². The predicted molar refractivity (Wildman–Crippen MR) is 139 cm³/mol. The Morgan fingerprint density at radius 2 is 2.00 bits per heavy atom. The number of likely N-dealkylation sites (tertiary alicyclic amines) is 1. The zero-order chi connectivity index (χ0) is 23.9. The first kappa shape index (κ1) is 22.3. The number of hydrogen-bond donors (Lipinski definition) is 3. The first-order valence-corrected chi connectivity index (χ1v) is 13.1. The number of ether oxygens (including phenoxy) is 1. The number of amides is 1. The van der Waals surface area contributed by atoms with Crippen molar-refractivity contribution >= 4 is 44.9 Å². The molecule has 6 rings (SSSR count). The largest absolute Gasteiger partial charge is 0.489 e. The highest BCUT2D eigenvalue weighted by Crippen LogP contribution is 2.45. The molecular weight excluding hydrogens is 460 g/mol. The molecule has 0 radical (unpaired) electrons. The minimum atomic E-state index is -0.253. The van der Waals surface area contributed by atoms with Gasteiger partial charge in [0.1, 0.15) is 17.7 Å². The summed E-state index contributed by atoms with van der Waals surface area (Å²) in [6.45, 7) is 2.09. The van der Waals surface area contributed by atoms with E-state index in [2.05, 4.69) is 34.7 Å². The van der Waals surface area contributed by atoms with Crippen molar-refractivity contribution in [2.75, 3.05) is 30.8 Å². The van der Waals surface area contributed by atoms with Gasteiger partial charge in [0.05, 0.1) is 16.1 Å². The van der Waals surface area contributed by atoms with E-state index in [1.54, 1.807) is 11.3 Å². The highest BCUT2D eigenvalue weighted by Gasteiger charge is 2.47. The molecule has 3 heterocycles. The van der Waals surface area contributed by atoms with Crippen molar-refractivity contribution in [3.63, 3.8) is 0 Å². The average molecular weight is 491 g/mol. The van der Waals surface area contributed by atoms with E-state index in [0.29, 0.717) is 5.95 Å². The van der Waals surface area contributed by atoms with Gasteiger partial charge in [-0.3, -0.25) is 4.79 Å². The van der Waals surface area contributed by atoms with Crippen molar-refractivity contribution < 1.29 is 9.53 Å². The van der Waals surface area contributed by atoms with Gasteiger partial charge in [0.15, 0.2) is 0 Å². The molecule has 1 unspecified atom stereocenters. The van der Waals surface area contributed by atoms with Gasteiger partial charge in [-0.25, -0.2) is 4.98 Å². The maximum atomic E-state index is 12.2. The van der Waals surface area contributed by atoms with Crippen LogP contribution in [0.1, 0.15) is 19.3 Å². The fourth-order valence-corrected chi connectivity index (χ4v) is 6.52. The quantitative estimate of drug-likeness (QED) is 0.430. The van der Waals surface area contributed by atoms with Gasteiger partial charge in [-0.1, -0.05) is 12.2 Å². The maximum Gasteiger partial charge on any atom is 0.229 e. The molecule has 1 aromatic carbocycles. The maximum absolute atomic E-state index is 12.2. The molecule has 4 N–H and O–H groups in total. The van der Waals surface area contributed by atoms with Crippen molar-refractivity contribution in [3.05, 3.63) is 47.9 Å². The van der Waals surface area contributed by atoms with Crippen molar-refractivity contribution in [2.24, 2.45) is 23.5 Å². The van der Waals surface area contributed by atoms with Crippen LogP contribution in [0, 0.1) is 17.8 Å². The molecule has 35 heavy (non-hydrogen) atoms. The van der Waals surface area contributed by atoms with Crippen LogP contribution in [0.2, 0.25) is 0 Å². The number of nitrogens with two attached hydrogens (primary N) is 1. The van der Waals surface area contributed by atoms with E-state index in [9.17, 15) is 4.79 Å². The summed E-state index contributed by atoms with van der Waals surface area (Å²) in [4.78, 5) is 24.0. The molecule has 2 aliphatic carbocycles. The fraction of sp³-hybridized carbons (Fsp3) is 0.423. The summed E-state index contributed by atoms with van der Waals surface area (Å²) in [5, 5.41) is 8.90. The Bertz CT molecular complexity index is 1260. The number of nitrogens with zero attached hydrogens (tertiary/aromatic N) is 3. The van der Waals surface area contributed by atoms with Crippen molar-refractivity contribution in [2.45, 2.75) is 31.4 Å². The summed E-state index contributed by atoms with van der Waals surface area (Å²) in [6.07, 6.45) is 7.77. The Hall–Kier alpha value is -3.17. The highest BCUT2D eigenvalue weighted by atomic mass is 32.1. The number of nitrogens with one attached hydrogen (secondary N) is 2. The number of hydrogen-bond acceptors (Lipinski definition) is 8. The van der Waals surface area contributed by atoms with Crippen LogP contribution in [0.25, 0.3) is 10.2 Å². The molecule has 0 spiro atoms. The molecule has 1 aliphatic heterocycles. The van der Waals surface area contributed by atoms with Gasteiger partial charge < -0.3 is 26.0 Å². The predicted octanol–water partition coefficient (Wildman–Crippen LogP) is 4.00. The van der Waals surface area contributed by atoms with Crippen LogP contribution >= 0.6 is 11.3 Å². The lowest BCUT2D eigenvalue weighted by Crippen LogP contribution is -2.41. The first-order chi connectivity index (χ1) is 17.0. The number of primary amides is 1. The summed E-state index contributed by atoms with van der Waals surface area (Å²) < 4.78 is 7.15. The minimum Gasteiger partial charge on any atom is -0.489 e. The van der Waals surface area contributed by atoms with E-state index >= 15 is 0 Å². The molecule has 9 heteroatoms. The smallest absolute Gasteiger partial charge is 0.229 e. The van der Waals surface area contributed by atoms with E-state index < -0.39 is 0 Å². The summed E-state index contributed by atoms with van der Waals surface area (Å²) in [7, 11) is 2.14. The molecule has 1 amide bonds. The number of carbonyl (C=O) groups is 1. The van der Waals surface area contributed by atoms with Crippen molar-refractivity contribution in [3.8, 4) is 5.75 Å². The topological polar surface area (TPSA) is 105 Å². The van der Waals surface area contributed by atoms with Crippen molar-refractivity contribution in [1.82, 2.24) is 14.9 Å². The minimum absolute atomic E-state index is 0.0502. The van der Waals surface area contributed by atoms with Crippen LogP contribution in [0.3, 0.4) is 0 Å². The summed E-state index contributed by atoms with van der Waals surface area (Å²) >= 11 is 1.59. The average Bonchev–Trinajstić information content (AvgIpc) is 3.57. The van der Waals surface area contributed by atoms with E-state index in [1.165, 1.54) is 0 Å². The second kappa shape index (κ2) is 9.13. The van der Waals surface area contributed by atoms with E-state index in [4.69, 9.17) is 20.4 Å². The Labute approximate surface area is 208 Å². The number of aromatic nitrogens is 2. The zero-order valence-electron chi connectivity index (χ0n) is 19.7. The third kappa shape index (κ3) is 4.46. The number of carbonyl (C=O) groups excluding carboxylic acids is 1. The highest BCUT2D eigenvalue weighted by molar-refractivity contribution is 7.17. The van der Waals surface area contributed by atoms with Crippen molar-refractivity contribution in [1.29, 1.82) is 0 Å². The number of piperidine rings is 1. The molecule has 1 saturated carbocycles. The lowest BCUT2D eigenvalue weighted by Gasteiger charge is -2.30. The standard InChI is InChI=1S/C26H30N6O2S/c1-32-11-2-3-19(14-32)34-18-8-6-17(7-9-18)28-26-29-20-10-12-35-23(20)25(31-26)30-22-16-5-4-15(13-16)21(22)24(27)33/h4-10,12,15-16,19,21-22H,2-3,11,13-14H2,1H3,(H2,27,33)(H2,28,29,30,31)/t15?,16-,19+,21-,22+/m0/s1. The van der Waals surface area contributed by atoms with Gasteiger partial charge in [0, 0.05) is 18.3 Å². The SMILES string of the molecule is CN1CCC[C@@H](Oc2ccc(Nc3nc(N[C@@H]4[C@H]5C=CC(C5)[C@@H]4C(N)=O)c4sccc4n3)cc2)C1. The van der Waals surface area contributed by atoms with E-state index in [1.807, 2.05) is 35.7 Å². The molecule has 3 aliphatic rings. The Morgan fingerprint density at radius 3 is 2.80 bits per heavy atom. The van der Waals surface area contributed by atoms with Crippen LogP contribution in [0.15, 0.2) is 47.9 Å². The molecule has 3 aromatic rings. The third-order valence-electron chi connectivity index (χ3n) is 7.39. The Kier molecular flexibility index (Phi) is 5.82. The molecular formula is C26H30N6O2S. The summed E-state index contributed by atoms with van der Waals surface area (Å²) in [5.41, 5.74) is 7.52. The number of benzene rings is 1. The Balaban J connectivity index is 1.20. The molecule has 2 bridgehead atoms. The molecule has 8 nitrogen and oxygen atoms in total. The number of fused-ring (bicyclic) bond motifs is 3. The van der Waals surface area contributed by atoms with Gasteiger partial charge in [0.2, 0.25) is 11.9 Å². The van der Waals surface area contributed by atoms with Crippen LogP contribution in [-0.4, -0.2) is 53.1 Å². The lowest BCUT2D eigenvalue weighted by atomic mass is 9.88. The van der Waals surface area contributed by atoms with Crippen LogP contribution in [0.4, 0.5) is 17.5 Å². The number of likely N-dealkylation sites (N-methyl/N-ethyl adjacent to an activating group) is 1. The number of rotatable bonds is 7. The van der Waals surface area contributed by atoms with Crippen LogP contribution in [0.5, 0.6) is 5.75 Å². The van der Waals surface area contributed by atoms with E-state index in [0.717, 1.165) is 59.8 Å². The summed E-state index contributed by atoms with van der Waals surface area (Å²) in [6, 6.07) is 9.88. The van der Waals surface area contributed by atoms with Gasteiger partial charge >= 0.3 is 0 Å². The molecule has 2 fully saturated rings. The first-order valence-electron chi connectivity index (χ1n) is 12.3. The second-order valence-electron chi connectivity index (χ2n) is 9.87. The number of thiophene rings is 1. The van der Waals surface area contributed by atoms with E-state index in [-0.39, 0.29) is 35.8 Å². The van der Waals surface area contributed by atoms with Gasteiger partial charge in [-0.05, 0) is 80.4 Å². The third-order valence-corrected chi connectivity index (χ3v) is 8.30. The molecule has 5 atom stereocenters. The molecule has 182 valence electrons. The monoisotopic (exact) mass is 490 g/mol. The Morgan fingerprint density at radius 1 is 1.17 bits per heavy atom. The van der Waals surface area contributed by atoms with Gasteiger partial charge in [-0.15, -0.1) is 11.3 Å². The second-order valence-corrected chi connectivity index (χ2v) is 10.8. The number of allylic oxidation sites excluding steroid dienone is 1. The zero-order valence-corrected chi connectivity index (χ0v) is 20.5. The van der Waals surface area contributed by atoms with Crippen LogP contribution < -0.4 is 21.1 Å². The van der Waals surface area contributed by atoms with Gasteiger partial charge in [-0.2, -0.15) is 4.98 Å². The lowest BCUT2D eigenvalue weighted by molar-refractivity contribution is -0.122. The number of anilines is 3.